The largest absolute Gasteiger partial charge is 0.306 e. The number of nitrogens with zero attached hydrogens (tertiary/aromatic N) is 2. The topological polar surface area (TPSA) is 40.6 Å². The third-order valence-electron chi connectivity index (χ3n) is 3.53. The van der Waals surface area contributed by atoms with Gasteiger partial charge >= 0.3 is 0 Å². The van der Waals surface area contributed by atoms with Gasteiger partial charge in [-0.3, -0.25) is 0 Å². The Kier molecular flexibility index (Phi) is 4.23. The molecule has 106 valence electrons. The Morgan fingerprint density at radius 1 is 1.37 bits per heavy atom. The quantitative estimate of drug-likeness (QED) is 0.840. The predicted octanol–water partition coefficient (Wildman–Crippen LogP) is 1.40. The lowest BCUT2D eigenvalue weighted by Gasteiger charge is -2.20. The molecular formula is C13H19FN2O2S. The summed E-state index contributed by atoms with van der Waals surface area (Å²) in [5, 5.41) is 0. The minimum Gasteiger partial charge on any atom is -0.306 e. The second-order valence-corrected chi connectivity index (χ2v) is 7.20. The first-order valence-corrected chi connectivity index (χ1v) is 7.74. The second-order valence-electron chi connectivity index (χ2n) is 5.16. The van der Waals surface area contributed by atoms with E-state index in [1.807, 2.05) is 7.05 Å². The number of halogens is 1. The van der Waals surface area contributed by atoms with Gasteiger partial charge in [0.1, 0.15) is 5.82 Å². The van der Waals surface area contributed by atoms with Crippen molar-refractivity contribution in [1.29, 1.82) is 0 Å². The van der Waals surface area contributed by atoms with Gasteiger partial charge in [0.2, 0.25) is 10.0 Å². The molecule has 2 rings (SSSR count). The van der Waals surface area contributed by atoms with Gasteiger partial charge in [-0.15, -0.1) is 0 Å². The van der Waals surface area contributed by atoms with Crippen molar-refractivity contribution < 1.29 is 12.8 Å². The molecule has 0 aliphatic carbocycles. The van der Waals surface area contributed by atoms with E-state index in [1.54, 1.807) is 7.05 Å². The van der Waals surface area contributed by atoms with Crippen LogP contribution in [0.1, 0.15) is 6.42 Å². The van der Waals surface area contributed by atoms with Gasteiger partial charge in [0.05, 0.1) is 4.90 Å². The van der Waals surface area contributed by atoms with E-state index in [0.717, 1.165) is 19.5 Å². The molecule has 1 aromatic carbocycles. The third-order valence-corrected chi connectivity index (χ3v) is 5.36. The highest BCUT2D eigenvalue weighted by Gasteiger charge is 2.27. The zero-order valence-electron chi connectivity index (χ0n) is 11.2. The molecule has 0 spiro atoms. The highest BCUT2D eigenvalue weighted by Crippen LogP contribution is 2.20. The van der Waals surface area contributed by atoms with Crippen molar-refractivity contribution >= 4 is 10.0 Å². The molecule has 4 nitrogen and oxygen atoms in total. The maximum absolute atomic E-state index is 12.8. The van der Waals surface area contributed by atoms with Crippen LogP contribution in [0.4, 0.5) is 4.39 Å². The first kappa shape index (κ1) is 14.4. The Morgan fingerprint density at radius 2 is 2.00 bits per heavy atom. The first-order valence-electron chi connectivity index (χ1n) is 6.30. The Bertz CT molecular complexity index is 530. The van der Waals surface area contributed by atoms with Crippen molar-refractivity contribution in [3.05, 3.63) is 30.1 Å². The number of rotatable bonds is 4. The first-order chi connectivity index (χ1) is 8.89. The van der Waals surface area contributed by atoms with Crippen molar-refractivity contribution in [3.8, 4) is 0 Å². The minimum atomic E-state index is -3.51. The van der Waals surface area contributed by atoms with E-state index in [9.17, 15) is 12.8 Å². The van der Waals surface area contributed by atoms with Crippen LogP contribution in [0.3, 0.4) is 0 Å². The summed E-state index contributed by atoms with van der Waals surface area (Å²) < 4.78 is 38.8. The molecule has 1 unspecified atom stereocenters. The van der Waals surface area contributed by atoms with Crippen molar-refractivity contribution in [2.45, 2.75) is 11.3 Å². The molecule has 0 saturated carbocycles. The molecule has 0 N–H and O–H groups in total. The van der Waals surface area contributed by atoms with Crippen LogP contribution in [0.15, 0.2) is 29.2 Å². The van der Waals surface area contributed by atoms with Crippen LogP contribution in [0.5, 0.6) is 0 Å². The fourth-order valence-electron chi connectivity index (χ4n) is 2.42. The van der Waals surface area contributed by atoms with Crippen molar-refractivity contribution in [1.82, 2.24) is 9.21 Å². The molecule has 0 radical (unpaired) electrons. The van der Waals surface area contributed by atoms with E-state index in [0.29, 0.717) is 12.5 Å². The molecule has 1 atom stereocenters. The highest BCUT2D eigenvalue weighted by atomic mass is 32.2. The van der Waals surface area contributed by atoms with Crippen LogP contribution >= 0.6 is 0 Å². The fourth-order valence-corrected chi connectivity index (χ4v) is 3.67. The van der Waals surface area contributed by atoms with E-state index in [4.69, 9.17) is 0 Å². The van der Waals surface area contributed by atoms with Gasteiger partial charge in [0, 0.05) is 20.1 Å². The van der Waals surface area contributed by atoms with E-state index in [1.165, 1.54) is 28.6 Å². The summed E-state index contributed by atoms with van der Waals surface area (Å²) in [5.41, 5.74) is 0. The molecular weight excluding hydrogens is 267 g/mol. The normalized spacial score (nSPS) is 21.2. The molecule has 0 aromatic heterocycles. The van der Waals surface area contributed by atoms with E-state index in [2.05, 4.69) is 4.90 Å². The minimum absolute atomic E-state index is 0.141. The fraction of sp³-hybridized carbons (Fsp3) is 0.538. The van der Waals surface area contributed by atoms with Crippen molar-refractivity contribution in [2.75, 3.05) is 33.7 Å². The Labute approximate surface area is 113 Å². The molecule has 6 heteroatoms. The molecule has 1 fully saturated rings. The Hall–Kier alpha value is -0.980. The summed E-state index contributed by atoms with van der Waals surface area (Å²) in [5.74, 6) is -0.0655. The third kappa shape index (κ3) is 3.32. The van der Waals surface area contributed by atoms with Crippen LogP contribution in [-0.2, 0) is 10.0 Å². The molecule has 19 heavy (non-hydrogen) atoms. The maximum atomic E-state index is 12.8. The monoisotopic (exact) mass is 286 g/mol. The smallest absolute Gasteiger partial charge is 0.242 e. The maximum Gasteiger partial charge on any atom is 0.242 e. The molecule has 0 bridgehead atoms. The zero-order valence-corrected chi connectivity index (χ0v) is 12.0. The molecule has 1 heterocycles. The van der Waals surface area contributed by atoms with E-state index >= 15 is 0 Å². The van der Waals surface area contributed by atoms with Crippen LogP contribution in [-0.4, -0.2) is 51.4 Å². The van der Waals surface area contributed by atoms with Crippen LogP contribution < -0.4 is 0 Å². The molecule has 1 aliphatic heterocycles. The number of benzene rings is 1. The summed E-state index contributed by atoms with van der Waals surface area (Å²) >= 11 is 0. The predicted molar refractivity (Wildman–Crippen MR) is 71.8 cm³/mol. The second kappa shape index (κ2) is 5.56. The number of hydrogen-bond acceptors (Lipinski definition) is 3. The van der Waals surface area contributed by atoms with Gasteiger partial charge < -0.3 is 4.90 Å². The van der Waals surface area contributed by atoms with Gasteiger partial charge in [0.25, 0.3) is 0 Å². The molecule has 1 saturated heterocycles. The van der Waals surface area contributed by atoms with Gasteiger partial charge in [-0.1, -0.05) is 0 Å². The van der Waals surface area contributed by atoms with E-state index in [-0.39, 0.29) is 4.90 Å². The standard InChI is InChI=1S/C13H19FN2O2S/c1-15-8-7-11(9-15)10-16(2)19(17,18)13-5-3-12(14)4-6-13/h3-6,11H,7-10H2,1-2H3. The molecule has 1 aromatic rings. The lowest BCUT2D eigenvalue weighted by Crippen LogP contribution is -2.32. The number of hydrogen-bond donors (Lipinski definition) is 0. The van der Waals surface area contributed by atoms with Gasteiger partial charge in [-0.05, 0) is 50.2 Å². The van der Waals surface area contributed by atoms with Gasteiger partial charge in [0.15, 0.2) is 0 Å². The summed E-state index contributed by atoms with van der Waals surface area (Å²) in [6, 6.07) is 4.96. The van der Waals surface area contributed by atoms with Crippen LogP contribution in [0, 0.1) is 11.7 Å². The summed E-state index contributed by atoms with van der Waals surface area (Å²) in [7, 11) is 0.104. The summed E-state index contributed by atoms with van der Waals surface area (Å²) in [6.07, 6.45) is 1.01. The van der Waals surface area contributed by atoms with Crippen LogP contribution in [0.2, 0.25) is 0 Å². The lowest BCUT2D eigenvalue weighted by atomic mass is 10.1. The summed E-state index contributed by atoms with van der Waals surface area (Å²) in [6.45, 7) is 2.43. The van der Waals surface area contributed by atoms with E-state index < -0.39 is 15.8 Å². The Morgan fingerprint density at radius 3 is 2.53 bits per heavy atom. The number of sulfonamides is 1. The average Bonchev–Trinajstić information content (AvgIpc) is 2.75. The van der Waals surface area contributed by atoms with Gasteiger partial charge in [-0.25, -0.2) is 17.1 Å². The summed E-state index contributed by atoms with van der Waals surface area (Å²) in [4.78, 5) is 2.34. The molecule has 0 amide bonds. The number of likely N-dealkylation sites (tertiary alicyclic amines) is 1. The van der Waals surface area contributed by atoms with Gasteiger partial charge in [-0.2, -0.15) is 0 Å². The Balaban J connectivity index is 2.08. The van der Waals surface area contributed by atoms with Crippen LogP contribution in [0.25, 0.3) is 0 Å². The highest BCUT2D eigenvalue weighted by molar-refractivity contribution is 7.89. The lowest BCUT2D eigenvalue weighted by molar-refractivity contribution is 0.356. The van der Waals surface area contributed by atoms with Crippen molar-refractivity contribution in [3.63, 3.8) is 0 Å². The average molecular weight is 286 g/mol. The zero-order chi connectivity index (χ0) is 14.0. The SMILES string of the molecule is CN1CCC(CN(C)S(=O)(=O)c2ccc(F)cc2)C1. The van der Waals surface area contributed by atoms with Crippen molar-refractivity contribution in [2.24, 2.45) is 5.92 Å². The molecule has 1 aliphatic rings.